The number of aromatic nitrogens is 2. The maximum absolute atomic E-state index is 12.3. The summed E-state index contributed by atoms with van der Waals surface area (Å²) in [5, 5.41) is 5.58. The van der Waals surface area contributed by atoms with Gasteiger partial charge in [0.15, 0.2) is 12.4 Å². The summed E-state index contributed by atoms with van der Waals surface area (Å²) in [4.78, 5) is 29.8. The quantitative estimate of drug-likeness (QED) is 0.586. The van der Waals surface area contributed by atoms with Crippen LogP contribution < -0.4 is 20.1 Å². The smallest absolute Gasteiger partial charge is 0.422 e. The molecule has 0 atom stereocenters. The van der Waals surface area contributed by atoms with Crippen molar-refractivity contribution in [3.8, 4) is 11.6 Å². The van der Waals surface area contributed by atoms with Gasteiger partial charge in [-0.25, -0.2) is 9.97 Å². The average molecular weight is 456 g/mol. The van der Waals surface area contributed by atoms with Crippen LogP contribution in [0.3, 0.4) is 0 Å². The summed E-state index contributed by atoms with van der Waals surface area (Å²) in [7, 11) is 2.99. The van der Waals surface area contributed by atoms with Crippen molar-refractivity contribution in [2.45, 2.75) is 33.5 Å². The van der Waals surface area contributed by atoms with Gasteiger partial charge in [0.2, 0.25) is 0 Å². The lowest BCUT2D eigenvalue weighted by atomic mass is 10.2. The summed E-state index contributed by atoms with van der Waals surface area (Å²) >= 11 is 0. The molecule has 2 aromatic rings. The molecule has 0 spiro atoms. The van der Waals surface area contributed by atoms with E-state index in [1.807, 2.05) is 13.8 Å². The summed E-state index contributed by atoms with van der Waals surface area (Å²) in [6, 6.07) is 4.70. The molecule has 0 bridgehead atoms. The summed E-state index contributed by atoms with van der Waals surface area (Å²) < 4.78 is 46.4. The van der Waals surface area contributed by atoms with Crippen molar-refractivity contribution in [2.24, 2.45) is 5.92 Å². The van der Waals surface area contributed by atoms with Crippen LogP contribution in [0.15, 0.2) is 24.4 Å². The minimum absolute atomic E-state index is 0.0447. The number of halogens is 3. The van der Waals surface area contributed by atoms with Crippen LogP contribution in [-0.2, 0) is 11.3 Å². The fourth-order valence-electron chi connectivity index (χ4n) is 2.19. The number of carbonyl (C=O) groups is 2. The van der Waals surface area contributed by atoms with Crippen molar-refractivity contribution in [3.63, 3.8) is 0 Å². The highest BCUT2D eigenvalue weighted by molar-refractivity contribution is 5.94. The van der Waals surface area contributed by atoms with Crippen LogP contribution in [0, 0.1) is 12.8 Å². The molecule has 2 N–H and O–H groups in total. The maximum atomic E-state index is 12.3. The van der Waals surface area contributed by atoms with E-state index in [1.165, 1.54) is 19.4 Å². The van der Waals surface area contributed by atoms with Crippen LogP contribution in [0.2, 0.25) is 0 Å². The van der Waals surface area contributed by atoms with Crippen LogP contribution in [0.25, 0.3) is 0 Å². The summed E-state index contributed by atoms with van der Waals surface area (Å²) in [5.41, 5.74) is 1.65. The molecular formula is C21H27F3N4O4. The Morgan fingerprint density at radius 2 is 1.91 bits per heavy atom. The van der Waals surface area contributed by atoms with Gasteiger partial charge in [-0.05, 0) is 30.7 Å². The average Bonchev–Trinajstić information content (AvgIpc) is 2.75. The first kappa shape index (κ1) is 26.7. The van der Waals surface area contributed by atoms with Gasteiger partial charge in [-0.3, -0.25) is 4.79 Å². The Bertz CT molecular complexity index is 905. The molecule has 8 nitrogen and oxygen atoms in total. The van der Waals surface area contributed by atoms with Crippen molar-refractivity contribution in [3.05, 3.63) is 41.2 Å². The minimum atomic E-state index is -4.48. The Balaban J connectivity index is 0.000000920. The number of nitrogens with zero attached hydrogens (tertiary/aromatic N) is 2. The van der Waals surface area contributed by atoms with Crippen molar-refractivity contribution < 1.29 is 32.2 Å². The van der Waals surface area contributed by atoms with Gasteiger partial charge >= 0.3 is 6.18 Å². The SMILES string of the molecule is CC(C)C=O.CNc1cc(C(=O)NCc2cnc(OCC(F)(F)F)c(OC)c2)cc(C)n1. The third-order valence-corrected chi connectivity index (χ3v) is 3.66. The van der Waals surface area contributed by atoms with E-state index in [0.717, 1.165) is 6.29 Å². The van der Waals surface area contributed by atoms with Crippen LogP contribution >= 0.6 is 0 Å². The highest BCUT2D eigenvalue weighted by Crippen LogP contribution is 2.27. The summed E-state index contributed by atoms with van der Waals surface area (Å²) in [6.45, 7) is 4.12. The molecule has 0 saturated carbocycles. The first-order valence-corrected chi connectivity index (χ1v) is 9.61. The van der Waals surface area contributed by atoms with Gasteiger partial charge in [0.25, 0.3) is 11.8 Å². The Morgan fingerprint density at radius 3 is 2.44 bits per heavy atom. The Kier molecular flexibility index (Phi) is 10.4. The molecule has 32 heavy (non-hydrogen) atoms. The Morgan fingerprint density at radius 1 is 1.25 bits per heavy atom. The van der Waals surface area contributed by atoms with Crippen molar-refractivity contribution in [1.29, 1.82) is 0 Å². The van der Waals surface area contributed by atoms with E-state index < -0.39 is 12.8 Å². The van der Waals surface area contributed by atoms with E-state index in [4.69, 9.17) is 4.74 Å². The van der Waals surface area contributed by atoms with E-state index in [0.29, 0.717) is 22.6 Å². The zero-order valence-corrected chi connectivity index (χ0v) is 18.5. The van der Waals surface area contributed by atoms with Gasteiger partial charge in [-0.15, -0.1) is 0 Å². The second-order valence-corrected chi connectivity index (χ2v) is 6.95. The topological polar surface area (TPSA) is 102 Å². The molecule has 2 rings (SSSR count). The number of alkyl halides is 3. The monoisotopic (exact) mass is 456 g/mol. The molecule has 11 heteroatoms. The lowest BCUT2D eigenvalue weighted by Crippen LogP contribution is -2.23. The third-order valence-electron chi connectivity index (χ3n) is 3.66. The van der Waals surface area contributed by atoms with Gasteiger partial charge in [-0.1, -0.05) is 13.8 Å². The number of anilines is 1. The summed E-state index contributed by atoms with van der Waals surface area (Å²) in [6.07, 6.45) is -2.25. The third kappa shape index (κ3) is 9.63. The first-order chi connectivity index (χ1) is 15.0. The number of aldehydes is 1. The first-order valence-electron chi connectivity index (χ1n) is 9.61. The van der Waals surface area contributed by atoms with E-state index in [1.54, 1.807) is 26.1 Å². The second-order valence-electron chi connectivity index (χ2n) is 6.95. The number of hydrogen-bond donors (Lipinski definition) is 2. The highest BCUT2D eigenvalue weighted by atomic mass is 19.4. The van der Waals surface area contributed by atoms with Gasteiger partial charge in [0, 0.05) is 37.0 Å². The highest BCUT2D eigenvalue weighted by Gasteiger charge is 2.29. The lowest BCUT2D eigenvalue weighted by Gasteiger charge is -2.13. The van der Waals surface area contributed by atoms with E-state index in [2.05, 4.69) is 25.3 Å². The van der Waals surface area contributed by atoms with Crippen LogP contribution in [0.1, 0.15) is 35.5 Å². The number of hydrogen-bond acceptors (Lipinski definition) is 7. The normalized spacial score (nSPS) is 10.7. The molecule has 0 aliphatic heterocycles. The molecule has 0 aliphatic rings. The van der Waals surface area contributed by atoms with Crippen molar-refractivity contribution >= 4 is 18.0 Å². The predicted molar refractivity (Wildman–Crippen MR) is 113 cm³/mol. The predicted octanol–water partition coefficient (Wildman–Crippen LogP) is 3.55. The van der Waals surface area contributed by atoms with E-state index >= 15 is 0 Å². The number of carbonyl (C=O) groups excluding carboxylic acids is 2. The zero-order chi connectivity index (χ0) is 24.3. The van der Waals surface area contributed by atoms with Gasteiger partial charge in [0.05, 0.1) is 7.11 Å². The zero-order valence-electron chi connectivity index (χ0n) is 18.5. The molecule has 2 aromatic heterocycles. The molecule has 0 fully saturated rings. The number of pyridine rings is 2. The lowest BCUT2D eigenvalue weighted by molar-refractivity contribution is -0.154. The molecule has 0 aliphatic carbocycles. The van der Waals surface area contributed by atoms with Gasteiger partial charge in [0.1, 0.15) is 12.1 Å². The number of amides is 1. The number of methoxy groups -OCH3 is 1. The number of rotatable bonds is 8. The van der Waals surface area contributed by atoms with E-state index in [-0.39, 0.29) is 30.0 Å². The van der Waals surface area contributed by atoms with Crippen LogP contribution in [0.5, 0.6) is 11.6 Å². The molecular weight excluding hydrogens is 429 g/mol. The number of aryl methyl sites for hydroxylation is 1. The molecule has 0 unspecified atom stereocenters. The molecule has 2 heterocycles. The van der Waals surface area contributed by atoms with Crippen LogP contribution in [-0.4, -0.2) is 49.1 Å². The molecule has 1 amide bonds. The molecule has 176 valence electrons. The molecule has 0 radical (unpaired) electrons. The fourth-order valence-corrected chi connectivity index (χ4v) is 2.19. The van der Waals surface area contributed by atoms with E-state index in [9.17, 15) is 22.8 Å². The number of ether oxygens (including phenoxy) is 2. The van der Waals surface area contributed by atoms with Crippen molar-refractivity contribution in [1.82, 2.24) is 15.3 Å². The molecule has 0 aromatic carbocycles. The fraction of sp³-hybridized carbons (Fsp3) is 0.429. The van der Waals surface area contributed by atoms with Crippen LogP contribution in [0.4, 0.5) is 19.0 Å². The minimum Gasteiger partial charge on any atom is -0.491 e. The standard InChI is InChI=1S/C17H19F3N4O3.C4H8O/c1-10-4-12(6-14(21-2)24-10)15(25)22-7-11-5-13(26-3)16(23-8-11)27-9-17(18,19)20;1-4(2)3-5/h4-6,8H,7,9H2,1-3H3,(H,21,24)(H,22,25);3-4H,1-2H3. The molecule has 0 saturated heterocycles. The van der Waals surface area contributed by atoms with Crippen molar-refractivity contribution in [2.75, 3.05) is 26.1 Å². The second kappa shape index (κ2) is 12.5. The Hall–Kier alpha value is -3.37. The Labute approximate surface area is 184 Å². The van der Waals surface area contributed by atoms with Gasteiger partial charge < -0.3 is 24.9 Å². The largest absolute Gasteiger partial charge is 0.491 e. The summed E-state index contributed by atoms with van der Waals surface area (Å²) in [5.74, 6) is 0.217. The number of nitrogens with one attached hydrogen (secondary N) is 2. The van der Waals surface area contributed by atoms with Gasteiger partial charge in [-0.2, -0.15) is 13.2 Å². The maximum Gasteiger partial charge on any atom is 0.422 e.